The van der Waals surface area contributed by atoms with Crippen molar-refractivity contribution in [3.8, 4) is 5.75 Å². The summed E-state index contributed by atoms with van der Waals surface area (Å²) in [6.07, 6.45) is 1.87. The predicted molar refractivity (Wildman–Crippen MR) is 87.9 cm³/mol. The molecular weight excluding hydrogens is 276 g/mol. The van der Waals surface area contributed by atoms with Crippen molar-refractivity contribution in [3.05, 3.63) is 65.2 Å². The van der Waals surface area contributed by atoms with E-state index in [9.17, 15) is 0 Å². The summed E-state index contributed by atoms with van der Waals surface area (Å²) in [5, 5.41) is 0. The first-order valence-corrected chi connectivity index (χ1v) is 7.29. The average molecular weight is 296 g/mol. The van der Waals surface area contributed by atoms with Gasteiger partial charge in [-0.2, -0.15) is 0 Å². The molecule has 1 aliphatic rings. The molecule has 0 radical (unpaired) electrons. The highest BCUT2D eigenvalue weighted by Crippen LogP contribution is 2.45. The van der Waals surface area contributed by atoms with Crippen LogP contribution in [0.15, 0.2) is 48.5 Å². The van der Waals surface area contributed by atoms with Crippen LogP contribution in [0.3, 0.4) is 0 Å². The topological polar surface area (TPSA) is 27.7 Å². The molecule has 2 aromatic rings. The summed E-state index contributed by atoms with van der Waals surface area (Å²) in [5.74, 6) is 0.875. The van der Waals surface area contributed by atoms with Crippen molar-refractivity contribution in [2.45, 2.75) is 12.2 Å². The van der Waals surface area contributed by atoms with E-state index in [1.165, 1.54) is 22.3 Å². The minimum absolute atomic E-state index is 0.0301. The van der Waals surface area contributed by atoms with E-state index in [2.05, 4.69) is 30.3 Å². The standard InChI is InChI=1S/C19H20O3/c1-20-15-10-9-14-11-16(13-7-5-4-6-8-13)18(17(14)12-15)19(21-2)22-3/h4-12,18-19H,1-3H3. The minimum atomic E-state index is -0.334. The maximum Gasteiger partial charge on any atom is 0.167 e. The Kier molecular flexibility index (Phi) is 4.27. The molecule has 0 bridgehead atoms. The number of hydrogen-bond donors (Lipinski definition) is 0. The zero-order valence-corrected chi connectivity index (χ0v) is 13.1. The Morgan fingerprint density at radius 3 is 2.27 bits per heavy atom. The van der Waals surface area contributed by atoms with Crippen LogP contribution in [0.25, 0.3) is 11.6 Å². The molecule has 22 heavy (non-hydrogen) atoms. The van der Waals surface area contributed by atoms with Crippen molar-refractivity contribution in [2.24, 2.45) is 0 Å². The van der Waals surface area contributed by atoms with Crippen molar-refractivity contribution < 1.29 is 14.2 Å². The van der Waals surface area contributed by atoms with Gasteiger partial charge in [0.1, 0.15) is 5.75 Å². The van der Waals surface area contributed by atoms with E-state index in [4.69, 9.17) is 14.2 Å². The van der Waals surface area contributed by atoms with E-state index in [-0.39, 0.29) is 12.2 Å². The van der Waals surface area contributed by atoms with Gasteiger partial charge >= 0.3 is 0 Å². The summed E-state index contributed by atoms with van der Waals surface area (Å²) in [6.45, 7) is 0. The predicted octanol–water partition coefficient (Wildman–Crippen LogP) is 3.95. The molecular formula is C19H20O3. The van der Waals surface area contributed by atoms with Gasteiger partial charge in [-0.05, 0) is 34.4 Å². The van der Waals surface area contributed by atoms with E-state index < -0.39 is 0 Å². The lowest BCUT2D eigenvalue weighted by atomic mass is 9.90. The van der Waals surface area contributed by atoms with Gasteiger partial charge in [-0.3, -0.25) is 0 Å². The normalized spacial score (nSPS) is 16.5. The summed E-state index contributed by atoms with van der Waals surface area (Å²) in [4.78, 5) is 0. The van der Waals surface area contributed by atoms with Crippen LogP contribution < -0.4 is 4.74 Å². The van der Waals surface area contributed by atoms with Gasteiger partial charge in [-0.25, -0.2) is 0 Å². The monoisotopic (exact) mass is 296 g/mol. The second-order valence-corrected chi connectivity index (χ2v) is 5.28. The molecule has 0 aromatic heterocycles. The lowest BCUT2D eigenvalue weighted by molar-refractivity contribution is -0.107. The number of fused-ring (bicyclic) bond motifs is 1. The van der Waals surface area contributed by atoms with E-state index in [0.29, 0.717) is 0 Å². The van der Waals surface area contributed by atoms with Crippen LogP contribution in [-0.4, -0.2) is 27.6 Å². The highest BCUT2D eigenvalue weighted by molar-refractivity contribution is 5.92. The number of rotatable bonds is 5. The van der Waals surface area contributed by atoms with Gasteiger partial charge in [0, 0.05) is 14.2 Å². The molecule has 1 unspecified atom stereocenters. The smallest absolute Gasteiger partial charge is 0.167 e. The van der Waals surface area contributed by atoms with Crippen molar-refractivity contribution in [1.29, 1.82) is 0 Å². The Balaban J connectivity index is 2.10. The molecule has 0 aliphatic heterocycles. The second-order valence-electron chi connectivity index (χ2n) is 5.28. The number of ether oxygens (including phenoxy) is 3. The van der Waals surface area contributed by atoms with Gasteiger partial charge in [-0.15, -0.1) is 0 Å². The number of hydrogen-bond acceptors (Lipinski definition) is 3. The molecule has 0 spiro atoms. The molecule has 1 atom stereocenters. The summed E-state index contributed by atoms with van der Waals surface area (Å²) in [5.41, 5.74) is 4.75. The van der Waals surface area contributed by atoms with Gasteiger partial charge in [-0.1, -0.05) is 42.5 Å². The molecule has 3 heteroatoms. The number of benzene rings is 2. The minimum Gasteiger partial charge on any atom is -0.497 e. The molecule has 0 amide bonds. The largest absolute Gasteiger partial charge is 0.497 e. The Morgan fingerprint density at radius 2 is 1.64 bits per heavy atom. The van der Waals surface area contributed by atoms with Crippen LogP contribution in [0, 0.1) is 0 Å². The van der Waals surface area contributed by atoms with Crippen molar-refractivity contribution in [3.63, 3.8) is 0 Å². The van der Waals surface area contributed by atoms with Gasteiger partial charge < -0.3 is 14.2 Å². The van der Waals surface area contributed by atoms with Crippen LogP contribution in [0.2, 0.25) is 0 Å². The van der Waals surface area contributed by atoms with Gasteiger partial charge in [0.15, 0.2) is 6.29 Å². The van der Waals surface area contributed by atoms with Gasteiger partial charge in [0.2, 0.25) is 0 Å². The van der Waals surface area contributed by atoms with E-state index in [1.807, 2.05) is 24.3 Å². The molecule has 0 saturated heterocycles. The molecule has 0 fully saturated rings. The van der Waals surface area contributed by atoms with Crippen molar-refractivity contribution >= 4 is 11.6 Å². The first-order chi connectivity index (χ1) is 10.8. The van der Waals surface area contributed by atoms with Crippen LogP contribution in [0.1, 0.15) is 22.6 Å². The molecule has 3 rings (SSSR count). The lowest BCUT2D eigenvalue weighted by Gasteiger charge is -2.25. The molecule has 114 valence electrons. The molecule has 2 aromatic carbocycles. The fourth-order valence-corrected chi connectivity index (χ4v) is 3.06. The maximum atomic E-state index is 5.56. The zero-order valence-electron chi connectivity index (χ0n) is 13.1. The summed E-state index contributed by atoms with van der Waals surface area (Å²) < 4.78 is 16.5. The van der Waals surface area contributed by atoms with Crippen LogP contribution >= 0.6 is 0 Å². The third-order valence-corrected chi connectivity index (χ3v) is 4.12. The molecule has 0 N–H and O–H groups in total. The quantitative estimate of drug-likeness (QED) is 0.782. The highest BCUT2D eigenvalue weighted by Gasteiger charge is 2.33. The second kappa shape index (κ2) is 6.34. The van der Waals surface area contributed by atoms with E-state index >= 15 is 0 Å². The zero-order chi connectivity index (χ0) is 15.5. The lowest BCUT2D eigenvalue weighted by Crippen LogP contribution is -2.23. The molecule has 0 heterocycles. The fourth-order valence-electron chi connectivity index (χ4n) is 3.06. The Bertz CT molecular complexity index is 672. The van der Waals surface area contributed by atoms with Gasteiger partial charge in [0.25, 0.3) is 0 Å². The summed E-state index contributed by atoms with van der Waals surface area (Å²) >= 11 is 0. The number of methoxy groups -OCH3 is 3. The molecule has 1 aliphatic carbocycles. The Hall–Kier alpha value is -2.10. The Labute approximate surface area is 131 Å². The van der Waals surface area contributed by atoms with Crippen molar-refractivity contribution in [2.75, 3.05) is 21.3 Å². The van der Waals surface area contributed by atoms with Crippen LogP contribution in [0.4, 0.5) is 0 Å². The third-order valence-electron chi connectivity index (χ3n) is 4.12. The van der Waals surface area contributed by atoms with Crippen LogP contribution in [-0.2, 0) is 9.47 Å². The maximum absolute atomic E-state index is 5.56. The first-order valence-electron chi connectivity index (χ1n) is 7.29. The van der Waals surface area contributed by atoms with Crippen LogP contribution in [0.5, 0.6) is 5.75 Å². The third kappa shape index (κ3) is 2.54. The first kappa shape index (κ1) is 14.8. The Morgan fingerprint density at radius 1 is 0.909 bits per heavy atom. The highest BCUT2D eigenvalue weighted by atomic mass is 16.7. The molecule has 3 nitrogen and oxygen atoms in total. The van der Waals surface area contributed by atoms with E-state index in [0.717, 1.165) is 5.75 Å². The van der Waals surface area contributed by atoms with Gasteiger partial charge in [0.05, 0.1) is 13.0 Å². The SMILES string of the molecule is COc1ccc2c(c1)C(C(OC)OC)C(c1ccccc1)=C2. The molecule has 0 saturated carbocycles. The van der Waals surface area contributed by atoms with E-state index in [1.54, 1.807) is 21.3 Å². The summed E-state index contributed by atoms with van der Waals surface area (Å²) in [6, 6.07) is 16.5. The fraction of sp³-hybridized carbons (Fsp3) is 0.263. The average Bonchev–Trinajstić information content (AvgIpc) is 2.95. The van der Waals surface area contributed by atoms with Crippen molar-refractivity contribution in [1.82, 2.24) is 0 Å². The summed E-state index contributed by atoms with van der Waals surface area (Å²) in [7, 11) is 5.03.